The van der Waals surface area contributed by atoms with Gasteiger partial charge < -0.3 is 9.47 Å². The van der Waals surface area contributed by atoms with E-state index >= 15 is 0 Å². The molecule has 0 saturated carbocycles. The van der Waals surface area contributed by atoms with E-state index in [1.807, 2.05) is 0 Å². The zero-order valence-electron chi connectivity index (χ0n) is 19.4. The third-order valence-electron chi connectivity index (χ3n) is 6.15. The van der Waals surface area contributed by atoms with Crippen LogP contribution in [0.4, 0.5) is 0 Å². The first-order valence-corrected chi connectivity index (χ1v) is 11.9. The number of aryl methyl sites for hydroxylation is 1. The van der Waals surface area contributed by atoms with Gasteiger partial charge in [0.2, 0.25) is 0 Å². The van der Waals surface area contributed by atoms with Crippen molar-refractivity contribution < 1.29 is 9.47 Å². The van der Waals surface area contributed by atoms with E-state index in [1.54, 1.807) is 0 Å². The van der Waals surface area contributed by atoms with Gasteiger partial charge in [0, 0.05) is 0 Å². The molecule has 2 heteroatoms. The maximum absolute atomic E-state index is 6.25. The Morgan fingerprint density at radius 2 is 1.34 bits per heavy atom. The molecule has 2 unspecified atom stereocenters. The molecule has 0 spiro atoms. The smallest absolute Gasteiger partial charge is 0.122 e. The molecule has 0 fully saturated rings. The Kier molecular flexibility index (Phi) is 10.4. The maximum atomic E-state index is 6.25. The van der Waals surface area contributed by atoms with Crippen molar-refractivity contribution in [2.75, 3.05) is 13.2 Å². The van der Waals surface area contributed by atoms with Gasteiger partial charge >= 0.3 is 0 Å². The Hall–Kier alpha value is -1.70. The molecule has 0 saturated heterocycles. The second-order valence-corrected chi connectivity index (χ2v) is 8.58. The predicted octanol–water partition coefficient (Wildman–Crippen LogP) is 8.34. The summed E-state index contributed by atoms with van der Waals surface area (Å²) in [4.78, 5) is 0. The zero-order chi connectivity index (χ0) is 21.1. The highest BCUT2D eigenvalue weighted by Gasteiger charge is 2.11. The van der Waals surface area contributed by atoms with Crippen LogP contribution < -0.4 is 9.47 Å². The van der Waals surface area contributed by atoms with Crippen LogP contribution in [-0.2, 0) is 0 Å². The number of unbranched alkanes of at least 4 members (excludes halogenated alkanes) is 2. The average molecular weight is 399 g/mol. The van der Waals surface area contributed by atoms with E-state index in [2.05, 4.69) is 65.0 Å². The lowest BCUT2D eigenvalue weighted by atomic mass is 10.0. The summed E-state index contributed by atoms with van der Waals surface area (Å²) in [6.07, 6.45) is 9.97. The summed E-state index contributed by atoms with van der Waals surface area (Å²) in [7, 11) is 0. The first-order chi connectivity index (χ1) is 14.1. The van der Waals surface area contributed by atoms with Gasteiger partial charge in [-0.1, -0.05) is 72.3 Å². The quantitative estimate of drug-likeness (QED) is 0.318. The molecule has 0 aliphatic heterocycles. The van der Waals surface area contributed by atoms with E-state index < -0.39 is 0 Å². The molecule has 29 heavy (non-hydrogen) atoms. The largest absolute Gasteiger partial charge is 0.493 e. The van der Waals surface area contributed by atoms with E-state index in [1.165, 1.54) is 67.7 Å². The van der Waals surface area contributed by atoms with Gasteiger partial charge in [0.25, 0.3) is 0 Å². The van der Waals surface area contributed by atoms with Gasteiger partial charge in [0.1, 0.15) is 11.5 Å². The molecule has 2 aromatic carbocycles. The molecule has 0 heterocycles. The van der Waals surface area contributed by atoms with Crippen molar-refractivity contribution in [1.29, 1.82) is 0 Å². The minimum Gasteiger partial charge on any atom is -0.493 e. The van der Waals surface area contributed by atoms with Gasteiger partial charge in [0.15, 0.2) is 0 Å². The second kappa shape index (κ2) is 12.8. The van der Waals surface area contributed by atoms with Crippen LogP contribution in [-0.4, -0.2) is 13.2 Å². The minimum atomic E-state index is 0.647. The first-order valence-electron chi connectivity index (χ1n) is 11.9. The van der Waals surface area contributed by atoms with E-state index in [4.69, 9.17) is 9.47 Å². The van der Waals surface area contributed by atoms with Gasteiger partial charge in [-0.05, 0) is 72.2 Å². The van der Waals surface area contributed by atoms with Gasteiger partial charge in [0.05, 0.1) is 13.2 Å². The average Bonchev–Trinajstić information content (AvgIpc) is 2.74. The Balaban J connectivity index is 2.05. The highest BCUT2D eigenvalue weighted by atomic mass is 16.5. The van der Waals surface area contributed by atoms with E-state index in [-0.39, 0.29) is 0 Å². The fourth-order valence-electron chi connectivity index (χ4n) is 3.83. The maximum Gasteiger partial charge on any atom is 0.122 e. The summed E-state index contributed by atoms with van der Waals surface area (Å²) in [5.41, 5.74) is 1.21. The summed E-state index contributed by atoms with van der Waals surface area (Å²) < 4.78 is 12.4. The molecule has 0 radical (unpaired) electrons. The van der Waals surface area contributed by atoms with Crippen molar-refractivity contribution in [1.82, 2.24) is 0 Å². The molecular weight excluding hydrogens is 356 g/mol. The molecule has 0 amide bonds. The highest BCUT2D eigenvalue weighted by molar-refractivity contribution is 5.86. The number of hydrogen-bond acceptors (Lipinski definition) is 2. The van der Waals surface area contributed by atoms with E-state index in [0.717, 1.165) is 24.7 Å². The Morgan fingerprint density at radius 1 is 0.724 bits per heavy atom. The second-order valence-electron chi connectivity index (χ2n) is 8.58. The number of benzene rings is 2. The van der Waals surface area contributed by atoms with Gasteiger partial charge in [-0.25, -0.2) is 0 Å². The standard InChI is InChI=1S/C27H42O2/c1-6-10-12-22(8-3)19-28-26-15-14-24-16-21(5)27(18-25(24)17-26)29-20-23(9-4)13-11-7-2/h14-18,22-23H,6-13,19-20H2,1-5H3. The van der Waals surface area contributed by atoms with Crippen LogP contribution in [0.1, 0.15) is 84.6 Å². The van der Waals surface area contributed by atoms with Crippen LogP contribution in [0.2, 0.25) is 0 Å². The number of hydrogen-bond donors (Lipinski definition) is 0. The molecule has 0 N–H and O–H groups in total. The van der Waals surface area contributed by atoms with Crippen molar-refractivity contribution in [2.24, 2.45) is 11.8 Å². The SMILES string of the molecule is CCCCC(CC)COc1ccc2cc(C)c(OCC(CC)CCCC)cc2c1. The van der Waals surface area contributed by atoms with Gasteiger partial charge in [-0.3, -0.25) is 0 Å². The summed E-state index contributed by atoms with van der Waals surface area (Å²) in [5, 5.41) is 2.45. The third kappa shape index (κ3) is 7.57. The topological polar surface area (TPSA) is 18.5 Å². The molecule has 2 rings (SSSR count). The number of ether oxygens (including phenoxy) is 2. The fraction of sp³-hybridized carbons (Fsp3) is 0.630. The molecular formula is C27H42O2. The summed E-state index contributed by atoms with van der Waals surface area (Å²) in [5.74, 6) is 3.28. The van der Waals surface area contributed by atoms with Crippen molar-refractivity contribution >= 4 is 10.8 Å². The lowest BCUT2D eigenvalue weighted by Crippen LogP contribution is -2.12. The lowest BCUT2D eigenvalue weighted by molar-refractivity contribution is 0.232. The monoisotopic (exact) mass is 398 g/mol. The molecule has 0 bridgehead atoms. The lowest BCUT2D eigenvalue weighted by Gasteiger charge is -2.18. The fourth-order valence-corrected chi connectivity index (χ4v) is 3.83. The first kappa shape index (κ1) is 23.6. The van der Waals surface area contributed by atoms with E-state index in [9.17, 15) is 0 Å². The summed E-state index contributed by atoms with van der Waals surface area (Å²) >= 11 is 0. The molecule has 2 aromatic rings. The Morgan fingerprint density at radius 3 is 1.93 bits per heavy atom. The molecule has 2 atom stereocenters. The molecule has 2 nitrogen and oxygen atoms in total. The van der Waals surface area contributed by atoms with Crippen molar-refractivity contribution in [2.45, 2.75) is 86.0 Å². The number of fused-ring (bicyclic) bond motifs is 1. The van der Waals surface area contributed by atoms with Crippen LogP contribution in [0, 0.1) is 18.8 Å². The van der Waals surface area contributed by atoms with Crippen LogP contribution in [0.3, 0.4) is 0 Å². The van der Waals surface area contributed by atoms with Crippen LogP contribution in [0.15, 0.2) is 30.3 Å². The Bertz CT molecular complexity index is 722. The molecule has 0 aliphatic carbocycles. The minimum absolute atomic E-state index is 0.647. The number of rotatable bonds is 14. The molecule has 162 valence electrons. The van der Waals surface area contributed by atoms with Crippen molar-refractivity contribution in [3.8, 4) is 11.5 Å². The summed E-state index contributed by atoms with van der Waals surface area (Å²) in [6.45, 7) is 12.8. The van der Waals surface area contributed by atoms with Crippen LogP contribution in [0.5, 0.6) is 11.5 Å². The van der Waals surface area contributed by atoms with Gasteiger partial charge in [-0.2, -0.15) is 0 Å². The van der Waals surface area contributed by atoms with Gasteiger partial charge in [-0.15, -0.1) is 0 Å². The predicted molar refractivity (Wildman–Crippen MR) is 126 cm³/mol. The van der Waals surface area contributed by atoms with Crippen LogP contribution in [0.25, 0.3) is 10.8 Å². The normalized spacial score (nSPS) is 13.4. The van der Waals surface area contributed by atoms with E-state index in [0.29, 0.717) is 11.8 Å². The van der Waals surface area contributed by atoms with Crippen molar-refractivity contribution in [3.05, 3.63) is 35.9 Å². The summed E-state index contributed by atoms with van der Waals surface area (Å²) in [6, 6.07) is 10.9. The van der Waals surface area contributed by atoms with Crippen LogP contribution >= 0.6 is 0 Å². The van der Waals surface area contributed by atoms with Crippen molar-refractivity contribution in [3.63, 3.8) is 0 Å². The Labute approximate surface area is 179 Å². The highest BCUT2D eigenvalue weighted by Crippen LogP contribution is 2.29. The zero-order valence-corrected chi connectivity index (χ0v) is 19.4. The molecule has 0 aromatic heterocycles. The third-order valence-corrected chi connectivity index (χ3v) is 6.15. The molecule has 0 aliphatic rings.